The van der Waals surface area contributed by atoms with E-state index in [0.717, 1.165) is 83.5 Å². The number of amides is 1. The van der Waals surface area contributed by atoms with Gasteiger partial charge in [0.05, 0.1) is 25.4 Å². The lowest BCUT2D eigenvalue weighted by Gasteiger charge is -2.40. The summed E-state index contributed by atoms with van der Waals surface area (Å²) in [6, 6.07) is -0.814. The lowest BCUT2D eigenvalue weighted by Crippen LogP contribution is -2.60. The number of nitrogens with one attached hydrogen (secondary N) is 1. The highest BCUT2D eigenvalue weighted by Gasteiger charge is 2.44. The van der Waals surface area contributed by atoms with E-state index in [-0.39, 0.29) is 12.5 Å². The molecule has 0 aromatic carbocycles. The number of hydrogen-bond acceptors (Lipinski definition) is 8. The Balaban J connectivity index is 2.16. The van der Waals surface area contributed by atoms with Crippen molar-refractivity contribution in [3.63, 3.8) is 0 Å². The van der Waals surface area contributed by atoms with Crippen molar-refractivity contribution in [2.75, 3.05) is 13.2 Å². The van der Waals surface area contributed by atoms with Gasteiger partial charge < -0.3 is 40.3 Å². The summed E-state index contributed by atoms with van der Waals surface area (Å²) in [5, 5.41) is 54.8. The number of ether oxygens (including phenoxy) is 2. The van der Waals surface area contributed by atoms with Crippen molar-refractivity contribution < 1.29 is 39.8 Å². The van der Waals surface area contributed by atoms with E-state index in [0.29, 0.717) is 6.42 Å². The van der Waals surface area contributed by atoms with Gasteiger partial charge in [0.15, 0.2) is 6.29 Å². The van der Waals surface area contributed by atoms with Crippen LogP contribution in [0.3, 0.4) is 0 Å². The lowest BCUT2D eigenvalue weighted by molar-refractivity contribution is -0.302. The average Bonchev–Trinajstić information content (AvgIpc) is 3.51. The maximum atomic E-state index is 13.1. The van der Waals surface area contributed by atoms with E-state index in [4.69, 9.17) is 9.47 Å². The van der Waals surface area contributed by atoms with Crippen molar-refractivity contribution in [2.24, 2.45) is 0 Å². The molecule has 81 heavy (non-hydrogen) atoms. The average molecular weight is 1140 g/mol. The molecule has 1 aliphatic rings. The SMILES string of the molecule is CC/C=C\C/C=C\C/C=C\C/C=C\C/C=C\C/C=C\CCCCCCCCCCCCC(=O)NC(COC1OC(CO)C(O)C(O)C1O)C(O)/C=C/CCCCCCCCCCCCCCCCCCCCCCCCCCCCC. The fourth-order valence-electron chi connectivity index (χ4n) is 10.6. The van der Waals surface area contributed by atoms with Crippen LogP contribution >= 0.6 is 0 Å². The zero-order chi connectivity index (χ0) is 58.6. The minimum Gasteiger partial charge on any atom is -0.394 e. The third-order valence-electron chi connectivity index (χ3n) is 16.0. The van der Waals surface area contributed by atoms with Crippen molar-refractivity contribution in [2.45, 2.75) is 352 Å². The zero-order valence-corrected chi connectivity index (χ0v) is 52.5. The smallest absolute Gasteiger partial charge is 0.220 e. The van der Waals surface area contributed by atoms with Gasteiger partial charge in [-0.2, -0.15) is 0 Å². The Hall–Kier alpha value is -2.63. The van der Waals surface area contributed by atoms with Crippen LogP contribution < -0.4 is 5.32 Å². The highest BCUT2D eigenvalue weighted by atomic mass is 16.7. The molecule has 0 radical (unpaired) electrons. The van der Waals surface area contributed by atoms with Crippen molar-refractivity contribution in [3.05, 3.63) is 85.1 Å². The van der Waals surface area contributed by atoms with Crippen molar-refractivity contribution in [3.8, 4) is 0 Å². The second-order valence-corrected chi connectivity index (χ2v) is 23.6. The molecule has 9 nitrogen and oxygen atoms in total. The molecule has 1 aliphatic heterocycles. The molecule has 0 aromatic heterocycles. The highest BCUT2D eigenvalue weighted by molar-refractivity contribution is 5.76. The maximum Gasteiger partial charge on any atom is 0.220 e. The van der Waals surface area contributed by atoms with Gasteiger partial charge in [0, 0.05) is 6.42 Å². The van der Waals surface area contributed by atoms with Crippen LogP contribution in [-0.2, 0) is 14.3 Å². The third-order valence-corrected chi connectivity index (χ3v) is 16.0. The van der Waals surface area contributed by atoms with Gasteiger partial charge in [0.2, 0.25) is 5.91 Å². The molecule has 0 saturated carbocycles. The van der Waals surface area contributed by atoms with Gasteiger partial charge in [0.25, 0.3) is 0 Å². The predicted octanol–water partition coefficient (Wildman–Crippen LogP) is 18.5. The zero-order valence-electron chi connectivity index (χ0n) is 52.5. The molecule has 1 fully saturated rings. The summed E-state index contributed by atoms with van der Waals surface area (Å²) in [6.07, 6.45) is 79.6. The molecule has 6 N–H and O–H groups in total. The minimum absolute atomic E-state index is 0.181. The van der Waals surface area contributed by atoms with Crippen LogP contribution in [0.15, 0.2) is 85.1 Å². The molecule has 1 heterocycles. The van der Waals surface area contributed by atoms with E-state index in [1.165, 1.54) is 205 Å². The standard InChI is InChI=1S/C72H129NO8/c1-3-5-7-9-11-13-15-17-19-21-23-25-27-29-31-33-35-37-39-41-43-45-47-49-51-53-55-57-59-61-66(75)65(64-80-72-71(79)70(78)69(77)67(63-74)81-72)73-68(76)62-60-58-56-54-52-50-48-46-44-42-40-38-36-34-32-30-28-26-24-22-20-18-16-14-12-10-8-6-4-2/h6,8,12,14,18,20,24,26,30,32,36,38,59,61,65-67,69-72,74-75,77-79H,3-5,7,9-11,13,15-17,19,21-23,25,27-29,31,33-35,37,39-58,60,62-64H2,1-2H3,(H,73,76)/b8-6-,14-12-,20-18-,26-24-,32-30-,38-36-,61-59+. The summed E-state index contributed by atoms with van der Waals surface area (Å²) in [6.45, 7) is 3.70. The number of carbonyl (C=O) groups excluding carboxylic acids is 1. The number of unbranched alkanes of at least 4 members (excludes halogenated alkanes) is 37. The molecule has 0 aliphatic carbocycles. The van der Waals surface area contributed by atoms with Crippen LogP contribution in [-0.4, -0.2) is 87.5 Å². The predicted molar refractivity (Wildman–Crippen MR) is 345 cm³/mol. The Bertz CT molecular complexity index is 1550. The van der Waals surface area contributed by atoms with Crippen LogP contribution in [0.2, 0.25) is 0 Å². The molecule has 1 rings (SSSR count). The summed E-state index contributed by atoms with van der Waals surface area (Å²) in [7, 11) is 0. The van der Waals surface area contributed by atoms with Crippen molar-refractivity contribution >= 4 is 5.91 Å². The quantitative estimate of drug-likeness (QED) is 0.0261. The van der Waals surface area contributed by atoms with Gasteiger partial charge in [0.1, 0.15) is 24.4 Å². The number of allylic oxidation sites excluding steroid dienone is 13. The Morgan fingerprint density at radius 1 is 0.432 bits per heavy atom. The fraction of sp³-hybridized carbons (Fsp3) is 0.792. The van der Waals surface area contributed by atoms with E-state index in [1.54, 1.807) is 6.08 Å². The van der Waals surface area contributed by atoms with E-state index < -0.39 is 49.5 Å². The first-order chi connectivity index (χ1) is 39.8. The van der Waals surface area contributed by atoms with E-state index in [9.17, 15) is 30.3 Å². The van der Waals surface area contributed by atoms with Crippen LogP contribution in [0.5, 0.6) is 0 Å². The Morgan fingerprint density at radius 2 is 0.765 bits per heavy atom. The molecule has 7 unspecified atom stereocenters. The summed E-state index contributed by atoms with van der Waals surface area (Å²) in [4.78, 5) is 13.1. The molecule has 0 bridgehead atoms. The van der Waals surface area contributed by atoms with E-state index in [1.807, 2.05) is 6.08 Å². The number of aliphatic hydroxyl groups is 5. The molecule has 9 heteroatoms. The van der Waals surface area contributed by atoms with Crippen molar-refractivity contribution in [1.82, 2.24) is 5.32 Å². The van der Waals surface area contributed by atoms with Crippen LogP contribution in [0.4, 0.5) is 0 Å². The number of aliphatic hydroxyl groups excluding tert-OH is 5. The Labute approximate surface area is 499 Å². The van der Waals surface area contributed by atoms with Crippen LogP contribution in [0, 0.1) is 0 Å². The first-order valence-electron chi connectivity index (χ1n) is 34.3. The first-order valence-corrected chi connectivity index (χ1v) is 34.3. The van der Waals surface area contributed by atoms with Gasteiger partial charge in [-0.05, 0) is 70.6 Å². The minimum atomic E-state index is -1.57. The van der Waals surface area contributed by atoms with Crippen LogP contribution in [0.1, 0.15) is 309 Å². The Kier molecular flexibility index (Phi) is 57.0. The highest BCUT2D eigenvalue weighted by Crippen LogP contribution is 2.23. The van der Waals surface area contributed by atoms with E-state index in [2.05, 4.69) is 92.1 Å². The van der Waals surface area contributed by atoms with Gasteiger partial charge >= 0.3 is 0 Å². The fourth-order valence-corrected chi connectivity index (χ4v) is 10.6. The second-order valence-electron chi connectivity index (χ2n) is 23.6. The maximum absolute atomic E-state index is 13.1. The molecule has 1 saturated heterocycles. The van der Waals surface area contributed by atoms with Gasteiger partial charge in [-0.25, -0.2) is 0 Å². The van der Waals surface area contributed by atoms with Gasteiger partial charge in [-0.3, -0.25) is 4.79 Å². The molecule has 0 aromatic rings. The summed E-state index contributed by atoms with van der Waals surface area (Å²) in [5.74, 6) is -0.181. The molecular formula is C72H129NO8. The van der Waals surface area contributed by atoms with Gasteiger partial charge in [-0.15, -0.1) is 0 Å². The summed E-state index contributed by atoms with van der Waals surface area (Å²) < 4.78 is 11.3. The molecule has 7 atom stereocenters. The van der Waals surface area contributed by atoms with E-state index >= 15 is 0 Å². The molecule has 1 amide bonds. The molecular weight excluding hydrogens is 1010 g/mol. The molecule has 470 valence electrons. The molecule has 0 spiro atoms. The topological polar surface area (TPSA) is 149 Å². The third kappa shape index (κ3) is 49.4. The normalized spacial score (nSPS) is 18.9. The summed E-state index contributed by atoms with van der Waals surface area (Å²) in [5.41, 5.74) is 0. The lowest BCUT2D eigenvalue weighted by atomic mass is 9.99. The Morgan fingerprint density at radius 3 is 1.14 bits per heavy atom. The number of hydrogen-bond donors (Lipinski definition) is 6. The van der Waals surface area contributed by atoms with Gasteiger partial charge in [-0.1, -0.05) is 317 Å². The van der Waals surface area contributed by atoms with Crippen LogP contribution in [0.25, 0.3) is 0 Å². The number of carbonyl (C=O) groups is 1. The van der Waals surface area contributed by atoms with Crippen molar-refractivity contribution in [1.29, 1.82) is 0 Å². The first kappa shape index (κ1) is 76.4. The second kappa shape index (κ2) is 60.5. The largest absolute Gasteiger partial charge is 0.394 e. The summed E-state index contributed by atoms with van der Waals surface area (Å²) >= 11 is 0. The monoisotopic (exact) mass is 1140 g/mol. The number of rotatable bonds is 59.